The van der Waals surface area contributed by atoms with Crippen LogP contribution in [0.25, 0.3) is 15.3 Å². The zero-order valence-electron chi connectivity index (χ0n) is 17.7. The number of thiophene rings is 1. The fourth-order valence-corrected chi connectivity index (χ4v) is 6.18. The highest BCUT2D eigenvalue weighted by molar-refractivity contribution is 7.20. The number of thiazole rings is 1. The third-order valence-corrected chi connectivity index (χ3v) is 8.14. The van der Waals surface area contributed by atoms with Crippen LogP contribution in [-0.2, 0) is 10.2 Å². The van der Waals surface area contributed by atoms with Gasteiger partial charge >= 0.3 is 0 Å². The molecule has 1 aliphatic heterocycles. The van der Waals surface area contributed by atoms with E-state index in [1.807, 2.05) is 17.7 Å². The molecule has 5 rings (SSSR count). The average Bonchev–Trinajstić information content (AvgIpc) is 3.37. The number of nitrogens with one attached hydrogen (secondary N) is 1. The van der Waals surface area contributed by atoms with Gasteiger partial charge in [0.25, 0.3) is 0 Å². The third kappa shape index (κ3) is 3.17. The first kappa shape index (κ1) is 19.5. The van der Waals surface area contributed by atoms with Crippen LogP contribution in [0.4, 0.5) is 5.82 Å². The van der Waals surface area contributed by atoms with Crippen LogP contribution >= 0.6 is 22.7 Å². The quantitative estimate of drug-likeness (QED) is 0.423. The summed E-state index contributed by atoms with van der Waals surface area (Å²) in [4.78, 5) is 20.0. The number of benzene rings is 1. The number of carbonyl (C=O) groups is 1. The molecule has 0 saturated heterocycles. The molecule has 1 N–H and O–H groups in total. The molecule has 1 amide bonds. The van der Waals surface area contributed by atoms with Gasteiger partial charge in [0.1, 0.15) is 5.82 Å². The number of amides is 1. The van der Waals surface area contributed by atoms with Gasteiger partial charge < -0.3 is 5.32 Å². The summed E-state index contributed by atoms with van der Waals surface area (Å²) in [6.07, 6.45) is 0.447. The van der Waals surface area contributed by atoms with Crippen molar-refractivity contribution in [3.05, 3.63) is 56.9 Å². The van der Waals surface area contributed by atoms with Gasteiger partial charge in [0.2, 0.25) is 11.0 Å². The van der Waals surface area contributed by atoms with Gasteiger partial charge in [-0.2, -0.15) is 9.78 Å². The normalized spacial score (nSPS) is 16.7. The van der Waals surface area contributed by atoms with Crippen molar-refractivity contribution in [3.63, 3.8) is 0 Å². The van der Waals surface area contributed by atoms with Crippen molar-refractivity contribution in [2.45, 2.75) is 52.4 Å². The minimum Gasteiger partial charge on any atom is -0.310 e. The van der Waals surface area contributed by atoms with Crippen LogP contribution in [0.1, 0.15) is 59.7 Å². The first-order valence-electron chi connectivity index (χ1n) is 10.1. The Kier molecular flexibility index (Phi) is 4.38. The van der Waals surface area contributed by atoms with E-state index in [0.717, 1.165) is 32.4 Å². The Morgan fingerprint density at radius 3 is 2.67 bits per heavy atom. The second-order valence-corrected chi connectivity index (χ2v) is 11.1. The molecule has 30 heavy (non-hydrogen) atoms. The maximum Gasteiger partial charge on any atom is 0.226 e. The number of carbonyl (C=O) groups excluding carboxylic acids is 1. The molecule has 3 aromatic heterocycles. The van der Waals surface area contributed by atoms with Crippen molar-refractivity contribution in [2.24, 2.45) is 0 Å². The lowest BCUT2D eigenvalue weighted by Crippen LogP contribution is -2.24. The minimum absolute atomic E-state index is 0.0244. The molecular weight excluding hydrogens is 412 g/mol. The van der Waals surface area contributed by atoms with E-state index in [-0.39, 0.29) is 17.2 Å². The van der Waals surface area contributed by atoms with Crippen LogP contribution in [0.3, 0.4) is 0 Å². The molecule has 1 aliphatic rings. The van der Waals surface area contributed by atoms with Crippen LogP contribution in [0, 0.1) is 13.8 Å². The molecule has 1 unspecified atom stereocenters. The van der Waals surface area contributed by atoms with Gasteiger partial charge in [-0.25, -0.2) is 4.98 Å². The zero-order valence-corrected chi connectivity index (χ0v) is 19.4. The fourth-order valence-electron chi connectivity index (χ4n) is 3.98. The Morgan fingerprint density at radius 1 is 1.13 bits per heavy atom. The molecule has 0 spiro atoms. The van der Waals surface area contributed by atoms with Crippen LogP contribution in [0.2, 0.25) is 0 Å². The number of rotatable bonds is 2. The molecule has 0 fully saturated rings. The van der Waals surface area contributed by atoms with E-state index in [2.05, 4.69) is 57.3 Å². The number of hydrogen-bond donors (Lipinski definition) is 1. The first-order chi connectivity index (χ1) is 14.2. The summed E-state index contributed by atoms with van der Waals surface area (Å²) < 4.78 is 2.94. The van der Waals surface area contributed by atoms with Crippen molar-refractivity contribution in [2.75, 3.05) is 5.32 Å². The van der Waals surface area contributed by atoms with E-state index >= 15 is 0 Å². The topological polar surface area (TPSA) is 59.8 Å². The highest BCUT2D eigenvalue weighted by Crippen LogP contribution is 2.44. The average molecular weight is 437 g/mol. The molecular formula is C23H24N4OS2. The Balaban J connectivity index is 1.63. The molecule has 4 heterocycles. The standard InChI is InChI=1S/C23H24N4OS2/c1-12-6-7-15-17(10-12)30-22(24-15)27-21-20(13(2)26-27)14(11-19(28)25-21)16-8-9-18(29-16)23(3,4)5/h6-10,14H,11H2,1-5H3,(H,25,28). The van der Waals surface area contributed by atoms with Crippen LogP contribution in [0.5, 0.6) is 0 Å². The molecule has 0 aliphatic carbocycles. The van der Waals surface area contributed by atoms with Gasteiger partial charge in [-0.3, -0.25) is 4.79 Å². The highest BCUT2D eigenvalue weighted by Gasteiger charge is 2.34. The SMILES string of the molecule is Cc1ccc2nc(-n3nc(C)c4c3NC(=O)CC4c3ccc(C(C)(C)C)s3)sc2c1. The lowest BCUT2D eigenvalue weighted by molar-refractivity contribution is -0.116. The number of aryl methyl sites for hydroxylation is 2. The summed E-state index contributed by atoms with van der Waals surface area (Å²) >= 11 is 3.40. The number of hydrogen-bond acceptors (Lipinski definition) is 5. The third-order valence-electron chi connectivity index (χ3n) is 5.53. The van der Waals surface area contributed by atoms with Gasteiger partial charge in [0, 0.05) is 27.7 Å². The molecule has 7 heteroatoms. The molecule has 4 aromatic rings. The highest BCUT2D eigenvalue weighted by atomic mass is 32.1. The van der Waals surface area contributed by atoms with Gasteiger partial charge in [-0.1, -0.05) is 38.2 Å². The van der Waals surface area contributed by atoms with E-state index in [1.54, 1.807) is 22.7 Å². The molecule has 5 nitrogen and oxygen atoms in total. The van der Waals surface area contributed by atoms with Gasteiger partial charge in [-0.15, -0.1) is 11.3 Å². The molecule has 0 bridgehead atoms. The van der Waals surface area contributed by atoms with E-state index in [0.29, 0.717) is 6.42 Å². The summed E-state index contributed by atoms with van der Waals surface area (Å²) in [5.74, 6) is 0.812. The number of fused-ring (bicyclic) bond motifs is 2. The van der Waals surface area contributed by atoms with Gasteiger partial charge in [0.15, 0.2) is 0 Å². The summed E-state index contributed by atoms with van der Waals surface area (Å²) in [7, 11) is 0. The van der Waals surface area contributed by atoms with Gasteiger partial charge in [-0.05, 0) is 49.1 Å². The van der Waals surface area contributed by atoms with Crippen LogP contribution in [-0.4, -0.2) is 20.7 Å². The molecule has 154 valence electrons. The predicted molar refractivity (Wildman–Crippen MR) is 124 cm³/mol. The van der Waals surface area contributed by atoms with Crippen molar-refractivity contribution in [1.29, 1.82) is 0 Å². The summed E-state index contributed by atoms with van der Waals surface area (Å²) in [6, 6.07) is 10.6. The second kappa shape index (κ2) is 6.75. The first-order valence-corrected chi connectivity index (χ1v) is 11.7. The Hall–Kier alpha value is -2.51. The van der Waals surface area contributed by atoms with E-state index < -0.39 is 0 Å². The molecule has 0 radical (unpaired) electrons. The molecule has 1 aromatic carbocycles. The summed E-state index contributed by atoms with van der Waals surface area (Å²) in [5, 5.41) is 8.65. The Bertz CT molecular complexity index is 1290. The largest absolute Gasteiger partial charge is 0.310 e. The predicted octanol–water partition coefficient (Wildman–Crippen LogP) is 5.93. The van der Waals surface area contributed by atoms with Crippen molar-refractivity contribution in [1.82, 2.24) is 14.8 Å². The van der Waals surface area contributed by atoms with Gasteiger partial charge in [0.05, 0.1) is 15.9 Å². The maximum absolute atomic E-state index is 12.7. The molecule has 0 saturated carbocycles. The van der Waals surface area contributed by atoms with Crippen molar-refractivity contribution >= 4 is 44.6 Å². The monoisotopic (exact) mass is 436 g/mol. The summed E-state index contributed by atoms with van der Waals surface area (Å²) in [6.45, 7) is 10.8. The number of aromatic nitrogens is 3. The Morgan fingerprint density at radius 2 is 1.93 bits per heavy atom. The number of anilines is 1. The zero-order chi connectivity index (χ0) is 21.2. The number of nitrogens with zero attached hydrogens (tertiary/aromatic N) is 3. The smallest absolute Gasteiger partial charge is 0.226 e. The minimum atomic E-state index is 0.0244. The maximum atomic E-state index is 12.7. The molecule has 1 atom stereocenters. The van der Waals surface area contributed by atoms with Crippen molar-refractivity contribution < 1.29 is 4.79 Å². The lowest BCUT2D eigenvalue weighted by Gasteiger charge is -2.23. The second-order valence-electron chi connectivity index (χ2n) is 8.98. The van der Waals surface area contributed by atoms with E-state index in [1.165, 1.54) is 15.3 Å². The van der Waals surface area contributed by atoms with Crippen LogP contribution < -0.4 is 5.32 Å². The Labute approximate surface area is 183 Å². The van der Waals surface area contributed by atoms with E-state index in [9.17, 15) is 4.79 Å². The van der Waals surface area contributed by atoms with Crippen molar-refractivity contribution in [3.8, 4) is 5.13 Å². The van der Waals surface area contributed by atoms with Crippen LogP contribution in [0.15, 0.2) is 30.3 Å². The van der Waals surface area contributed by atoms with E-state index in [4.69, 9.17) is 10.1 Å². The lowest BCUT2D eigenvalue weighted by atomic mass is 9.90. The summed E-state index contributed by atoms with van der Waals surface area (Å²) in [5.41, 5.74) is 4.30. The fraction of sp³-hybridized carbons (Fsp3) is 0.348.